The maximum atomic E-state index is 12.7. The first kappa shape index (κ1) is 14.6. The fourth-order valence-electron chi connectivity index (χ4n) is 2.96. The fraction of sp³-hybridized carbons (Fsp3) is 0.412. The summed E-state index contributed by atoms with van der Waals surface area (Å²) in [6.07, 6.45) is 7.56. The molecule has 0 saturated heterocycles. The van der Waals surface area contributed by atoms with Crippen LogP contribution in [0.25, 0.3) is 0 Å². The lowest BCUT2D eigenvalue weighted by Crippen LogP contribution is -2.33. The van der Waals surface area contributed by atoms with Crippen LogP contribution in [0.3, 0.4) is 0 Å². The smallest absolute Gasteiger partial charge is 0.255 e. The van der Waals surface area contributed by atoms with E-state index in [1.165, 1.54) is 5.56 Å². The molecule has 0 radical (unpaired) electrons. The van der Waals surface area contributed by atoms with Gasteiger partial charge in [0.25, 0.3) is 5.91 Å². The maximum Gasteiger partial charge on any atom is 0.255 e. The monoisotopic (exact) mass is 296 g/mol. The van der Waals surface area contributed by atoms with Crippen molar-refractivity contribution in [2.45, 2.75) is 33.1 Å². The molecule has 22 heavy (non-hydrogen) atoms. The predicted molar refractivity (Wildman–Crippen MR) is 83.7 cm³/mol. The minimum Gasteiger partial charge on any atom is -0.338 e. The molecule has 2 aromatic rings. The van der Waals surface area contributed by atoms with Gasteiger partial charge in [0, 0.05) is 43.3 Å². The summed E-state index contributed by atoms with van der Waals surface area (Å²) < 4.78 is 0. The molecule has 0 spiro atoms. The third kappa shape index (κ3) is 2.84. The van der Waals surface area contributed by atoms with Crippen molar-refractivity contribution in [3.05, 3.63) is 52.9 Å². The summed E-state index contributed by atoms with van der Waals surface area (Å²) in [5.41, 5.74) is 5.08. The molecule has 0 aliphatic carbocycles. The molecule has 1 amide bonds. The van der Waals surface area contributed by atoms with E-state index in [0.29, 0.717) is 18.7 Å². The molecule has 0 unspecified atom stereocenters. The van der Waals surface area contributed by atoms with Gasteiger partial charge in [-0.1, -0.05) is 6.92 Å². The Kier molecular flexibility index (Phi) is 4.13. The lowest BCUT2D eigenvalue weighted by molar-refractivity contribution is 0.0762. The molecule has 3 heterocycles. The molecule has 0 N–H and O–H groups in total. The van der Waals surface area contributed by atoms with Gasteiger partial charge < -0.3 is 4.90 Å². The Labute approximate surface area is 130 Å². The Bertz CT molecular complexity index is 699. The van der Waals surface area contributed by atoms with Crippen LogP contribution in [0.2, 0.25) is 0 Å². The molecule has 0 aromatic carbocycles. The van der Waals surface area contributed by atoms with Crippen molar-refractivity contribution < 1.29 is 4.79 Å². The molecular weight excluding hydrogens is 276 g/mol. The number of pyridine rings is 1. The fourth-order valence-corrected chi connectivity index (χ4v) is 2.96. The molecule has 0 fully saturated rings. The second-order valence-electron chi connectivity index (χ2n) is 5.64. The second kappa shape index (κ2) is 6.22. The average Bonchev–Trinajstić information content (AvgIpc) is 2.76. The van der Waals surface area contributed by atoms with E-state index in [0.717, 1.165) is 36.2 Å². The average molecular weight is 296 g/mol. The number of fused-ring (bicyclic) bond motifs is 1. The molecule has 1 aliphatic rings. The van der Waals surface area contributed by atoms with Crippen LogP contribution in [-0.4, -0.2) is 38.8 Å². The van der Waals surface area contributed by atoms with Gasteiger partial charge in [0.15, 0.2) is 0 Å². The van der Waals surface area contributed by atoms with Crippen LogP contribution < -0.4 is 0 Å². The van der Waals surface area contributed by atoms with Gasteiger partial charge in [-0.3, -0.25) is 9.78 Å². The second-order valence-corrected chi connectivity index (χ2v) is 5.64. The molecule has 5 heteroatoms. The van der Waals surface area contributed by atoms with Crippen LogP contribution in [0.15, 0.2) is 24.8 Å². The molecular formula is C17H20N4O. The Hall–Kier alpha value is -2.30. The van der Waals surface area contributed by atoms with Crippen molar-refractivity contribution in [2.24, 2.45) is 0 Å². The molecule has 5 nitrogen and oxygen atoms in total. The van der Waals surface area contributed by atoms with Crippen molar-refractivity contribution in [1.82, 2.24) is 19.9 Å². The quantitative estimate of drug-likeness (QED) is 0.850. The molecule has 114 valence electrons. The van der Waals surface area contributed by atoms with Crippen LogP contribution in [-0.2, 0) is 19.3 Å². The highest BCUT2D eigenvalue weighted by atomic mass is 16.2. The topological polar surface area (TPSA) is 59.0 Å². The number of carbonyl (C=O) groups excluding carboxylic acids is 1. The summed E-state index contributed by atoms with van der Waals surface area (Å²) in [7, 11) is 0. The van der Waals surface area contributed by atoms with E-state index in [1.54, 1.807) is 18.7 Å². The molecule has 3 rings (SSSR count). The van der Waals surface area contributed by atoms with Crippen LogP contribution >= 0.6 is 0 Å². The maximum absolute atomic E-state index is 12.7. The van der Waals surface area contributed by atoms with E-state index in [1.807, 2.05) is 17.9 Å². The number of hydrogen-bond donors (Lipinski definition) is 0. The first-order valence-corrected chi connectivity index (χ1v) is 7.71. The number of rotatable bonds is 2. The minimum absolute atomic E-state index is 0.0509. The number of aryl methyl sites for hydroxylation is 2. The van der Waals surface area contributed by atoms with E-state index >= 15 is 0 Å². The van der Waals surface area contributed by atoms with Crippen molar-refractivity contribution >= 4 is 5.91 Å². The van der Waals surface area contributed by atoms with Crippen LogP contribution in [0.1, 0.15) is 39.8 Å². The molecule has 1 aliphatic heterocycles. The summed E-state index contributed by atoms with van der Waals surface area (Å²) in [6.45, 7) is 5.46. The Balaban J connectivity index is 1.81. The van der Waals surface area contributed by atoms with Crippen LogP contribution in [0.4, 0.5) is 0 Å². The van der Waals surface area contributed by atoms with Gasteiger partial charge in [0.2, 0.25) is 0 Å². The summed E-state index contributed by atoms with van der Waals surface area (Å²) in [4.78, 5) is 27.5. The summed E-state index contributed by atoms with van der Waals surface area (Å²) in [6, 6.07) is 1.89. The van der Waals surface area contributed by atoms with Crippen molar-refractivity contribution in [3.8, 4) is 0 Å². The Morgan fingerprint density at radius 3 is 2.82 bits per heavy atom. The highest BCUT2D eigenvalue weighted by Crippen LogP contribution is 2.18. The lowest BCUT2D eigenvalue weighted by atomic mass is 10.1. The first-order valence-electron chi connectivity index (χ1n) is 7.71. The SMILES string of the molecule is CCc1ncnc2c1CCN(C(=O)c1cncc(C)c1)CC2. The van der Waals surface area contributed by atoms with Crippen LogP contribution in [0, 0.1) is 6.92 Å². The van der Waals surface area contributed by atoms with Gasteiger partial charge in [0.1, 0.15) is 6.33 Å². The van der Waals surface area contributed by atoms with Crippen molar-refractivity contribution in [3.63, 3.8) is 0 Å². The minimum atomic E-state index is 0.0509. The summed E-state index contributed by atoms with van der Waals surface area (Å²) in [5.74, 6) is 0.0509. The Morgan fingerprint density at radius 1 is 1.23 bits per heavy atom. The molecule has 0 atom stereocenters. The zero-order valence-electron chi connectivity index (χ0n) is 13.0. The van der Waals surface area contributed by atoms with Gasteiger partial charge in [-0.25, -0.2) is 9.97 Å². The number of amides is 1. The third-order valence-corrected chi connectivity index (χ3v) is 4.12. The number of nitrogens with zero attached hydrogens (tertiary/aromatic N) is 4. The number of aromatic nitrogens is 3. The van der Waals surface area contributed by atoms with Gasteiger partial charge in [-0.2, -0.15) is 0 Å². The Morgan fingerprint density at radius 2 is 2.05 bits per heavy atom. The van der Waals surface area contributed by atoms with E-state index in [2.05, 4.69) is 21.9 Å². The summed E-state index contributed by atoms with van der Waals surface area (Å²) in [5, 5.41) is 0. The highest BCUT2D eigenvalue weighted by molar-refractivity contribution is 5.94. The number of carbonyl (C=O) groups is 1. The summed E-state index contributed by atoms with van der Waals surface area (Å²) >= 11 is 0. The van der Waals surface area contributed by atoms with E-state index in [-0.39, 0.29) is 5.91 Å². The lowest BCUT2D eigenvalue weighted by Gasteiger charge is -2.20. The normalized spacial score (nSPS) is 14.4. The van der Waals surface area contributed by atoms with Gasteiger partial charge in [-0.15, -0.1) is 0 Å². The third-order valence-electron chi connectivity index (χ3n) is 4.12. The van der Waals surface area contributed by atoms with Gasteiger partial charge in [-0.05, 0) is 37.0 Å². The largest absolute Gasteiger partial charge is 0.338 e. The molecule has 0 saturated carbocycles. The van der Waals surface area contributed by atoms with Crippen LogP contribution in [0.5, 0.6) is 0 Å². The molecule has 0 bridgehead atoms. The zero-order chi connectivity index (χ0) is 15.5. The van der Waals surface area contributed by atoms with E-state index in [4.69, 9.17) is 0 Å². The zero-order valence-corrected chi connectivity index (χ0v) is 13.0. The van der Waals surface area contributed by atoms with Crippen molar-refractivity contribution in [1.29, 1.82) is 0 Å². The molecule has 2 aromatic heterocycles. The number of hydrogen-bond acceptors (Lipinski definition) is 4. The standard InChI is InChI=1S/C17H20N4O/c1-3-15-14-4-6-21(7-5-16(14)20-11-19-15)17(22)13-8-12(2)9-18-10-13/h8-11H,3-7H2,1-2H3. The highest BCUT2D eigenvalue weighted by Gasteiger charge is 2.22. The van der Waals surface area contributed by atoms with E-state index < -0.39 is 0 Å². The first-order chi connectivity index (χ1) is 10.7. The van der Waals surface area contributed by atoms with Gasteiger partial charge >= 0.3 is 0 Å². The van der Waals surface area contributed by atoms with Crippen molar-refractivity contribution in [2.75, 3.05) is 13.1 Å². The van der Waals surface area contributed by atoms with Gasteiger partial charge in [0.05, 0.1) is 5.56 Å². The van der Waals surface area contributed by atoms with E-state index in [9.17, 15) is 4.79 Å². The predicted octanol–water partition coefficient (Wildman–Crippen LogP) is 1.98.